The molecule has 2 amide bonds. The highest BCUT2D eigenvalue weighted by molar-refractivity contribution is 5.84. The zero-order chi connectivity index (χ0) is 13.7. The molecule has 1 aliphatic heterocycles. The zero-order valence-electron chi connectivity index (χ0n) is 10.2. The van der Waals surface area contributed by atoms with Gasteiger partial charge >= 0.3 is 18.0 Å². The molecule has 0 unspecified atom stereocenters. The number of amides is 2. The van der Waals surface area contributed by atoms with E-state index in [9.17, 15) is 14.4 Å². The minimum Gasteiger partial charge on any atom is -0.480 e. The van der Waals surface area contributed by atoms with Crippen LogP contribution in [-0.2, 0) is 9.59 Å². The molecule has 8 nitrogen and oxygen atoms in total. The summed E-state index contributed by atoms with van der Waals surface area (Å²) in [4.78, 5) is 37.6. The molecule has 0 aliphatic carbocycles. The van der Waals surface area contributed by atoms with Gasteiger partial charge in [0.1, 0.15) is 13.1 Å². The number of urea groups is 1. The van der Waals surface area contributed by atoms with Gasteiger partial charge in [-0.15, -0.1) is 0 Å². The average Bonchev–Trinajstić information content (AvgIpc) is 2.27. The molecule has 1 fully saturated rings. The van der Waals surface area contributed by atoms with Gasteiger partial charge in [0.05, 0.1) is 0 Å². The maximum absolute atomic E-state index is 12.0. The van der Waals surface area contributed by atoms with E-state index in [1.54, 1.807) is 0 Å². The van der Waals surface area contributed by atoms with Crippen LogP contribution in [0.15, 0.2) is 0 Å². The van der Waals surface area contributed by atoms with Crippen molar-refractivity contribution < 1.29 is 24.6 Å². The summed E-state index contributed by atoms with van der Waals surface area (Å²) >= 11 is 0. The van der Waals surface area contributed by atoms with E-state index in [1.165, 1.54) is 4.90 Å². The van der Waals surface area contributed by atoms with Gasteiger partial charge in [0, 0.05) is 26.2 Å². The van der Waals surface area contributed by atoms with E-state index in [1.807, 2.05) is 11.9 Å². The minimum atomic E-state index is -1.22. The lowest BCUT2D eigenvalue weighted by atomic mass is 10.3. The molecule has 0 atom stereocenters. The maximum Gasteiger partial charge on any atom is 0.323 e. The van der Waals surface area contributed by atoms with Gasteiger partial charge < -0.3 is 24.9 Å². The van der Waals surface area contributed by atoms with E-state index < -0.39 is 31.1 Å². The van der Waals surface area contributed by atoms with Crippen LogP contribution < -0.4 is 0 Å². The van der Waals surface area contributed by atoms with E-state index in [2.05, 4.69) is 0 Å². The number of rotatable bonds is 4. The Labute approximate surface area is 104 Å². The summed E-state index contributed by atoms with van der Waals surface area (Å²) in [5, 5.41) is 17.3. The Balaban J connectivity index is 2.63. The predicted molar refractivity (Wildman–Crippen MR) is 61.3 cm³/mol. The number of nitrogens with zero attached hydrogens (tertiary/aromatic N) is 3. The van der Waals surface area contributed by atoms with Crippen LogP contribution in [0, 0.1) is 0 Å². The summed E-state index contributed by atoms with van der Waals surface area (Å²) in [6, 6.07) is -0.534. The van der Waals surface area contributed by atoms with Crippen LogP contribution in [0.4, 0.5) is 4.79 Å². The standard InChI is InChI=1S/C10H17N3O5/c1-11-2-4-12(5-3-11)10(18)13(6-8(14)15)7-9(16)17/h2-7H2,1H3,(H,14,15)(H,16,17). The van der Waals surface area contributed by atoms with Gasteiger partial charge in [-0.2, -0.15) is 0 Å². The van der Waals surface area contributed by atoms with Gasteiger partial charge in [-0.3, -0.25) is 9.59 Å². The molecule has 1 aliphatic rings. The monoisotopic (exact) mass is 259 g/mol. The molecule has 102 valence electrons. The van der Waals surface area contributed by atoms with E-state index in [-0.39, 0.29) is 0 Å². The lowest BCUT2D eigenvalue weighted by Crippen LogP contribution is -2.53. The van der Waals surface area contributed by atoms with Crippen LogP contribution in [-0.4, -0.2) is 89.2 Å². The Bertz CT molecular complexity index is 322. The van der Waals surface area contributed by atoms with Crippen LogP contribution in [0.3, 0.4) is 0 Å². The quantitative estimate of drug-likeness (QED) is 0.659. The van der Waals surface area contributed by atoms with Crippen molar-refractivity contribution in [1.29, 1.82) is 0 Å². The second-order valence-corrected chi connectivity index (χ2v) is 4.22. The fourth-order valence-electron chi connectivity index (χ4n) is 1.72. The van der Waals surface area contributed by atoms with E-state index >= 15 is 0 Å². The van der Waals surface area contributed by atoms with Gasteiger partial charge in [0.15, 0.2) is 0 Å². The van der Waals surface area contributed by atoms with Crippen molar-refractivity contribution in [3.05, 3.63) is 0 Å². The number of likely N-dealkylation sites (N-methyl/N-ethyl adjacent to an activating group) is 1. The van der Waals surface area contributed by atoms with Crippen molar-refractivity contribution in [2.75, 3.05) is 46.3 Å². The van der Waals surface area contributed by atoms with Gasteiger partial charge in [-0.1, -0.05) is 0 Å². The largest absolute Gasteiger partial charge is 0.480 e. The molecule has 0 spiro atoms. The predicted octanol–water partition coefficient (Wildman–Crippen LogP) is -1.17. The number of aliphatic carboxylic acids is 2. The zero-order valence-corrected chi connectivity index (χ0v) is 10.2. The SMILES string of the molecule is CN1CCN(C(=O)N(CC(=O)O)CC(=O)O)CC1. The molecule has 0 aromatic carbocycles. The van der Waals surface area contributed by atoms with Crippen LogP contribution in [0.1, 0.15) is 0 Å². The summed E-state index contributed by atoms with van der Waals surface area (Å²) in [6.07, 6.45) is 0. The molecular weight excluding hydrogens is 242 g/mol. The van der Waals surface area contributed by atoms with Crippen molar-refractivity contribution in [3.63, 3.8) is 0 Å². The van der Waals surface area contributed by atoms with Crippen LogP contribution in [0.5, 0.6) is 0 Å². The van der Waals surface area contributed by atoms with Gasteiger partial charge in [-0.05, 0) is 7.05 Å². The Kier molecular flexibility index (Phi) is 4.90. The first-order valence-electron chi connectivity index (χ1n) is 5.56. The first-order chi connectivity index (χ1) is 8.40. The van der Waals surface area contributed by atoms with Gasteiger partial charge in [0.25, 0.3) is 0 Å². The number of hydrogen-bond donors (Lipinski definition) is 2. The molecular formula is C10H17N3O5. The average molecular weight is 259 g/mol. The first-order valence-corrected chi connectivity index (χ1v) is 5.56. The smallest absolute Gasteiger partial charge is 0.323 e. The molecule has 0 bridgehead atoms. The third-order valence-electron chi connectivity index (χ3n) is 2.70. The van der Waals surface area contributed by atoms with Crippen molar-refractivity contribution in [3.8, 4) is 0 Å². The number of piperazine rings is 1. The number of carbonyl (C=O) groups is 3. The van der Waals surface area contributed by atoms with E-state index in [0.29, 0.717) is 26.2 Å². The highest BCUT2D eigenvalue weighted by Crippen LogP contribution is 2.04. The van der Waals surface area contributed by atoms with Crippen molar-refractivity contribution in [2.45, 2.75) is 0 Å². The molecule has 2 N–H and O–H groups in total. The van der Waals surface area contributed by atoms with Crippen LogP contribution >= 0.6 is 0 Å². The summed E-state index contributed by atoms with van der Waals surface area (Å²) in [6.45, 7) is 1.14. The molecule has 0 saturated carbocycles. The number of carboxylic acid groups (broad SMARTS) is 2. The molecule has 0 aromatic heterocycles. The number of carbonyl (C=O) groups excluding carboxylic acids is 1. The Morgan fingerprint density at radius 1 is 1.00 bits per heavy atom. The second kappa shape index (κ2) is 6.20. The first kappa shape index (κ1) is 14.2. The third-order valence-corrected chi connectivity index (χ3v) is 2.70. The van der Waals surface area contributed by atoms with Crippen molar-refractivity contribution in [2.24, 2.45) is 0 Å². The third kappa shape index (κ3) is 4.21. The Hall–Kier alpha value is -1.83. The topological polar surface area (TPSA) is 101 Å². The van der Waals surface area contributed by atoms with Crippen molar-refractivity contribution in [1.82, 2.24) is 14.7 Å². The molecule has 1 rings (SSSR count). The maximum atomic E-state index is 12.0. The van der Waals surface area contributed by atoms with E-state index in [0.717, 1.165) is 4.90 Å². The molecule has 1 saturated heterocycles. The highest BCUT2D eigenvalue weighted by Gasteiger charge is 2.26. The normalized spacial score (nSPS) is 16.4. The van der Waals surface area contributed by atoms with Gasteiger partial charge in [-0.25, -0.2) is 4.79 Å². The molecule has 8 heteroatoms. The Morgan fingerprint density at radius 3 is 1.83 bits per heavy atom. The van der Waals surface area contributed by atoms with E-state index in [4.69, 9.17) is 10.2 Å². The lowest BCUT2D eigenvalue weighted by molar-refractivity contribution is -0.140. The summed E-state index contributed by atoms with van der Waals surface area (Å²) in [7, 11) is 1.92. The minimum absolute atomic E-state index is 0.477. The molecule has 0 radical (unpaired) electrons. The van der Waals surface area contributed by atoms with Crippen LogP contribution in [0.2, 0.25) is 0 Å². The fraction of sp³-hybridized carbons (Fsp3) is 0.700. The summed E-state index contributed by atoms with van der Waals surface area (Å²) in [5.41, 5.74) is 0. The molecule has 1 heterocycles. The van der Waals surface area contributed by atoms with Gasteiger partial charge in [0.2, 0.25) is 0 Å². The number of carboxylic acids is 2. The van der Waals surface area contributed by atoms with Crippen molar-refractivity contribution >= 4 is 18.0 Å². The molecule has 18 heavy (non-hydrogen) atoms. The summed E-state index contributed by atoms with van der Waals surface area (Å²) in [5.74, 6) is -2.45. The Morgan fingerprint density at radius 2 is 1.44 bits per heavy atom. The molecule has 0 aromatic rings. The fourth-order valence-corrected chi connectivity index (χ4v) is 1.72. The number of hydrogen-bond acceptors (Lipinski definition) is 4. The van der Waals surface area contributed by atoms with Crippen LogP contribution in [0.25, 0.3) is 0 Å². The second-order valence-electron chi connectivity index (χ2n) is 4.22. The highest BCUT2D eigenvalue weighted by atomic mass is 16.4. The summed E-state index contributed by atoms with van der Waals surface area (Å²) < 4.78 is 0. The lowest BCUT2D eigenvalue weighted by Gasteiger charge is -2.35.